The maximum Gasteiger partial charge on any atom is 0.294 e. The van der Waals surface area contributed by atoms with Crippen molar-refractivity contribution in [1.29, 1.82) is 0 Å². The average molecular weight is 288 g/mol. The highest BCUT2D eigenvalue weighted by Crippen LogP contribution is 2.08. The van der Waals surface area contributed by atoms with Gasteiger partial charge in [0.1, 0.15) is 0 Å². The van der Waals surface area contributed by atoms with Gasteiger partial charge in [-0.1, -0.05) is 17.7 Å². The Hall–Kier alpha value is -1.71. The number of anilines is 2. The van der Waals surface area contributed by atoms with E-state index < -0.39 is 10.1 Å². The molecule has 0 fully saturated rings. The number of nitrogens with zero attached hydrogens (tertiary/aromatic N) is 2. The molecule has 2 aromatic rings. The van der Waals surface area contributed by atoms with E-state index in [-0.39, 0.29) is 10.8 Å². The number of nitrogen functional groups attached to an aromatic ring is 2. The predicted molar refractivity (Wildman–Crippen MR) is 69.7 cm³/mol. The molecule has 0 spiro atoms. The molecule has 1 heterocycles. The smallest absolute Gasteiger partial charge is 0.294 e. The molecule has 98 valence electrons. The molecule has 0 unspecified atom stereocenters. The van der Waals surface area contributed by atoms with Crippen LogP contribution < -0.4 is 11.5 Å². The maximum absolute atomic E-state index is 10.5. The molecule has 0 bridgehead atoms. The van der Waals surface area contributed by atoms with Crippen LogP contribution >= 0.6 is 11.5 Å². The molecule has 18 heavy (non-hydrogen) atoms. The summed E-state index contributed by atoms with van der Waals surface area (Å²) >= 11 is 1.10. The summed E-state index contributed by atoms with van der Waals surface area (Å²) in [6, 6.07) is 5.99. The van der Waals surface area contributed by atoms with Gasteiger partial charge in [0, 0.05) is 11.5 Å². The molecule has 2 rings (SSSR count). The fourth-order valence-electron chi connectivity index (χ4n) is 0.957. The summed E-state index contributed by atoms with van der Waals surface area (Å²) in [5, 5.41) is 0.414. The summed E-state index contributed by atoms with van der Waals surface area (Å²) in [5.74, 6) is 0.252. The van der Waals surface area contributed by atoms with E-state index in [2.05, 4.69) is 9.36 Å². The zero-order valence-electron chi connectivity index (χ0n) is 9.44. The molecule has 0 aliphatic heterocycles. The minimum atomic E-state index is -4.02. The highest BCUT2D eigenvalue weighted by Gasteiger charge is 2.06. The molecular formula is C9H12N4O3S2. The van der Waals surface area contributed by atoms with Gasteiger partial charge in [-0.05, 0) is 19.1 Å². The van der Waals surface area contributed by atoms with Crippen LogP contribution in [0.15, 0.2) is 29.2 Å². The lowest BCUT2D eigenvalue weighted by Gasteiger charge is -1.95. The van der Waals surface area contributed by atoms with Gasteiger partial charge in [0.05, 0.1) is 4.90 Å². The second-order valence-corrected chi connectivity index (χ2v) is 5.48. The first-order chi connectivity index (χ1) is 8.29. The second kappa shape index (κ2) is 5.76. The van der Waals surface area contributed by atoms with Crippen molar-refractivity contribution in [2.45, 2.75) is 11.8 Å². The molecule has 1 aromatic heterocycles. The zero-order valence-corrected chi connectivity index (χ0v) is 11.1. The monoisotopic (exact) mass is 288 g/mol. The van der Waals surface area contributed by atoms with Crippen LogP contribution in [0.3, 0.4) is 0 Å². The van der Waals surface area contributed by atoms with E-state index in [1.54, 1.807) is 12.1 Å². The van der Waals surface area contributed by atoms with Crippen LogP contribution in [0.4, 0.5) is 11.1 Å². The quantitative estimate of drug-likeness (QED) is 0.665. The van der Waals surface area contributed by atoms with Crippen molar-refractivity contribution < 1.29 is 13.0 Å². The van der Waals surface area contributed by atoms with E-state index in [1.807, 2.05) is 6.92 Å². The molecular weight excluding hydrogens is 276 g/mol. The predicted octanol–water partition coefficient (Wildman–Crippen LogP) is 0.944. The first-order valence-electron chi connectivity index (χ1n) is 4.68. The number of rotatable bonds is 1. The topological polar surface area (TPSA) is 132 Å². The Morgan fingerprint density at radius 3 is 2.06 bits per heavy atom. The van der Waals surface area contributed by atoms with Gasteiger partial charge < -0.3 is 11.5 Å². The Morgan fingerprint density at radius 1 is 1.22 bits per heavy atom. The normalized spacial score (nSPS) is 10.6. The fourth-order valence-corrected chi connectivity index (χ4v) is 1.80. The number of nitrogens with two attached hydrogens (primary N) is 2. The lowest BCUT2D eigenvalue weighted by Crippen LogP contribution is -1.96. The van der Waals surface area contributed by atoms with Crippen LogP contribution in [-0.2, 0) is 10.1 Å². The van der Waals surface area contributed by atoms with E-state index in [9.17, 15) is 8.42 Å². The van der Waals surface area contributed by atoms with E-state index in [4.69, 9.17) is 16.0 Å². The number of hydrogen-bond donors (Lipinski definition) is 3. The fraction of sp³-hybridized carbons (Fsp3) is 0.111. The lowest BCUT2D eigenvalue weighted by molar-refractivity contribution is 0.483. The molecule has 0 atom stereocenters. The maximum atomic E-state index is 10.5. The van der Waals surface area contributed by atoms with Crippen molar-refractivity contribution in [1.82, 2.24) is 9.36 Å². The number of benzene rings is 1. The van der Waals surface area contributed by atoms with Crippen LogP contribution in [0.2, 0.25) is 0 Å². The standard InChI is InChI=1S/C7H8O3S.C2H4N4S/c1-6-2-4-7(5-3-6)11(8,9)10;3-1-5-2(4)7-6-1/h2-5H,1H3,(H,8,9,10);(H4,3,4,5,6). The second-order valence-electron chi connectivity index (χ2n) is 3.28. The summed E-state index contributed by atoms with van der Waals surface area (Å²) in [6.45, 7) is 1.84. The van der Waals surface area contributed by atoms with Crippen LogP contribution in [-0.4, -0.2) is 22.3 Å². The molecule has 0 saturated carbocycles. The summed E-state index contributed by atoms with van der Waals surface area (Å²) in [7, 11) is -4.02. The summed E-state index contributed by atoms with van der Waals surface area (Å²) < 4.78 is 33.2. The van der Waals surface area contributed by atoms with E-state index >= 15 is 0 Å². The first-order valence-corrected chi connectivity index (χ1v) is 6.89. The third-order valence-corrected chi connectivity index (χ3v) is 3.20. The van der Waals surface area contributed by atoms with E-state index in [0.717, 1.165) is 17.1 Å². The van der Waals surface area contributed by atoms with Crippen molar-refractivity contribution >= 4 is 32.7 Å². The molecule has 1 aromatic carbocycles. The van der Waals surface area contributed by atoms with E-state index in [0.29, 0.717) is 5.13 Å². The van der Waals surface area contributed by atoms with Crippen molar-refractivity contribution in [3.63, 3.8) is 0 Å². The Labute approximate surface area is 108 Å². The first kappa shape index (κ1) is 14.4. The van der Waals surface area contributed by atoms with Crippen molar-refractivity contribution in [3.8, 4) is 0 Å². The number of aromatic nitrogens is 2. The SMILES string of the molecule is Cc1ccc(S(=O)(=O)O)cc1.Nc1nsc(N)n1. The van der Waals surface area contributed by atoms with Gasteiger partial charge in [0.15, 0.2) is 0 Å². The molecule has 0 radical (unpaired) electrons. The van der Waals surface area contributed by atoms with Crippen LogP contribution in [0, 0.1) is 6.92 Å². The molecule has 0 saturated heterocycles. The van der Waals surface area contributed by atoms with Gasteiger partial charge in [0.25, 0.3) is 10.1 Å². The molecule has 0 aliphatic rings. The highest BCUT2D eigenvalue weighted by molar-refractivity contribution is 7.85. The van der Waals surface area contributed by atoms with Crippen molar-refractivity contribution in [2.75, 3.05) is 11.5 Å². The third-order valence-electron chi connectivity index (χ3n) is 1.78. The third kappa shape index (κ3) is 4.65. The van der Waals surface area contributed by atoms with E-state index in [1.165, 1.54) is 12.1 Å². The highest BCUT2D eigenvalue weighted by atomic mass is 32.2. The van der Waals surface area contributed by atoms with Crippen LogP contribution in [0.25, 0.3) is 0 Å². The minimum Gasteiger partial charge on any atom is -0.374 e. The average Bonchev–Trinajstić information content (AvgIpc) is 2.62. The Bertz CT molecular complexity index is 590. The van der Waals surface area contributed by atoms with Crippen LogP contribution in [0.5, 0.6) is 0 Å². The van der Waals surface area contributed by atoms with Gasteiger partial charge >= 0.3 is 0 Å². The van der Waals surface area contributed by atoms with Crippen molar-refractivity contribution in [3.05, 3.63) is 29.8 Å². The van der Waals surface area contributed by atoms with Gasteiger partial charge in [-0.15, -0.1) is 0 Å². The Balaban J connectivity index is 0.000000199. The van der Waals surface area contributed by atoms with Gasteiger partial charge in [-0.2, -0.15) is 17.8 Å². The molecule has 5 N–H and O–H groups in total. The number of aryl methyl sites for hydroxylation is 1. The number of hydrogen-bond acceptors (Lipinski definition) is 7. The Kier molecular flexibility index (Phi) is 4.59. The summed E-state index contributed by atoms with van der Waals surface area (Å²) in [5.41, 5.74) is 11.2. The minimum absolute atomic E-state index is 0.0666. The molecule has 9 heteroatoms. The molecule has 0 amide bonds. The van der Waals surface area contributed by atoms with Crippen LogP contribution in [0.1, 0.15) is 5.56 Å². The van der Waals surface area contributed by atoms with Gasteiger partial charge in [0.2, 0.25) is 11.1 Å². The lowest BCUT2D eigenvalue weighted by atomic mass is 10.2. The molecule has 0 aliphatic carbocycles. The van der Waals surface area contributed by atoms with Gasteiger partial charge in [-0.25, -0.2) is 0 Å². The zero-order chi connectivity index (χ0) is 13.8. The van der Waals surface area contributed by atoms with Crippen molar-refractivity contribution in [2.24, 2.45) is 0 Å². The van der Waals surface area contributed by atoms with Gasteiger partial charge in [-0.3, -0.25) is 4.55 Å². The largest absolute Gasteiger partial charge is 0.374 e. The summed E-state index contributed by atoms with van der Waals surface area (Å²) in [6.07, 6.45) is 0. The Morgan fingerprint density at radius 2 is 1.78 bits per heavy atom. The molecule has 7 nitrogen and oxygen atoms in total. The summed E-state index contributed by atoms with van der Waals surface area (Å²) in [4.78, 5) is 3.51.